The van der Waals surface area contributed by atoms with Crippen molar-refractivity contribution < 1.29 is 37.9 Å². The Morgan fingerprint density at radius 1 is 1.15 bits per heavy atom. The first-order valence-corrected chi connectivity index (χ1v) is 15.8. The molecule has 16 heteroatoms. The van der Waals surface area contributed by atoms with Crippen LogP contribution >= 0.6 is 21.6 Å². The Kier molecular flexibility index (Phi) is 6.48. The van der Waals surface area contributed by atoms with E-state index in [1.165, 1.54) is 28.3 Å². The summed E-state index contributed by atoms with van der Waals surface area (Å²) in [4.78, 5) is 13.2. The van der Waals surface area contributed by atoms with E-state index in [0.29, 0.717) is 29.3 Å². The molecule has 1 unspecified atom stereocenters. The first kappa shape index (κ1) is 28.3. The number of nitrogens with two attached hydrogens (primary N) is 1. The zero-order chi connectivity index (χ0) is 29.1. The van der Waals surface area contributed by atoms with Crippen LogP contribution in [0.5, 0.6) is 0 Å². The number of aromatic carboxylic acids is 1. The van der Waals surface area contributed by atoms with Gasteiger partial charge in [0, 0.05) is 22.9 Å². The van der Waals surface area contributed by atoms with Gasteiger partial charge in [0.1, 0.15) is 4.90 Å². The number of rotatable bonds is 9. The smallest absolute Gasteiger partial charge is 0.355 e. The van der Waals surface area contributed by atoms with Gasteiger partial charge < -0.3 is 5.11 Å². The first-order valence-electron chi connectivity index (χ1n) is 11.6. The summed E-state index contributed by atoms with van der Waals surface area (Å²) >= 11 is 0.938. The summed E-state index contributed by atoms with van der Waals surface area (Å²) in [7, 11) is -12.5. The average Bonchev–Trinajstić information content (AvgIpc) is 3.40. The SMILES string of the molecule is N[SH+](=O)c1ccc(Cc2c(-c3cccc(S(F)(F)(F)(F)F)c3)nn(-c3nc(C(=O)O)cs3)c2CC2CC2)cc1F. The van der Waals surface area contributed by atoms with Crippen LogP contribution in [0, 0.1) is 11.7 Å². The van der Waals surface area contributed by atoms with Gasteiger partial charge in [-0.2, -0.15) is 5.10 Å². The van der Waals surface area contributed by atoms with Crippen molar-refractivity contribution in [2.75, 3.05) is 0 Å². The summed E-state index contributed by atoms with van der Waals surface area (Å²) in [5.74, 6) is -1.93. The molecule has 214 valence electrons. The molecule has 1 fully saturated rings. The minimum absolute atomic E-state index is 0.0687. The number of aromatic nitrogens is 3. The molecule has 0 bridgehead atoms. The Labute approximate surface area is 230 Å². The van der Waals surface area contributed by atoms with Crippen LogP contribution in [0.2, 0.25) is 0 Å². The molecule has 0 saturated heterocycles. The van der Waals surface area contributed by atoms with Gasteiger partial charge in [0.2, 0.25) is 10.0 Å². The Balaban J connectivity index is 1.73. The highest BCUT2D eigenvalue weighted by molar-refractivity contribution is 8.45. The molecule has 4 aromatic rings. The fourth-order valence-corrected chi connectivity index (χ4v) is 6.21. The highest BCUT2D eigenvalue weighted by Crippen LogP contribution is 3.02. The van der Waals surface area contributed by atoms with Crippen molar-refractivity contribution in [2.24, 2.45) is 11.1 Å². The second-order valence-corrected chi connectivity index (χ2v) is 13.8. The largest absolute Gasteiger partial charge is 0.476 e. The van der Waals surface area contributed by atoms with Gasteiger partial charge in [0.15, 0.2) is 22.5 Å². The van der Waals surface area contributed by atoms with E-state index in [9.17, 15) is 37.9 Å². The summed E-state index contributed by atoms with van der Waals surface area (Å²) in [5, 5.41) is 20.5. The monoisotopic (exact) mass is 623 g/mol. The third-order valence-corrected chi connectivity index (χ3v) is 9.14. The van der Waals surface area contributed by atoms with Crippen molar-refractivity contribution in [1.82, 2.24) is 14.8 Å². The number of hydrogen-bond acceptors (Lipinski definition) is 5. The Hall–Kier alpha value is -3.21. The number of carbonyl (C=O) groups is 1. The molecule has 0 aliphatic heterocycles. The molecule has 7 nitrogen and oxygen atoms in total. The third-order valence-electron chi connectivity index (χ3n) is 6.34. The van der Waals surface area contributed by atoms with Crippen molar-refractivity contribution in [2.45, 2.75) is 35.5 Å². The fraction of sp³-hybridized carbons (Fsp3) is 0.208. The molecule has 5 rings (SSSR count). The number of thiol groups is 1. The average molecular weight is 624 g/mol. The quantitative estimate of drug-likeness (QED) is 0.119. The lowest BCUT2D eigenvalue weighted by Gasteiger charge is -2.40. The molecular weight excluding hydrogens is 602 g/mol. The Morgan fingerprint density at radius 3 is 2.45 bits per heavy atom. The zero-order valence-corrected chi connectivity index (χ0v) is 22.8. The van der Waals surface area contributed by atoms with E-state index in [0.717, 1.165) is 36.3 Å². The van der Waals surface area contributed by atoms with Crippen molar-refractivity contribution in [1.29, 1.82) is 0 Å². The first-order chi connectivity index (χ1) is 18.5. The van der Waals surface area contributed by atoms with Gasteiger partial charge in [-0.15, -0.1) is 16.5 Å². The molecule has 0 spiro atoms. The Bertz CT molecular complexity index is 1680. The van der Waals surface area contributed by atoms with Gasteiger partial charge in [-0.05, 0) is 55.0 Å². The van der Waals surface area contributed by atoms with E-state index in [4.69, 9.17) is 5.14 Å². The normalized spacial score (nSPS) is 16.4. The van der Waals surface area contributed by atoms with E-state index < -0.39 is 37.9 Å². The summed E-state index contributed by atoms with van der Waals surface area (Å²) in [6.07, 6.45) is 2.05. The molecule has 2 aromatic heterocycles. The third kappa shape index (κ3) is 5.94. The molecule has 2 heterocycles. The standard InChI is InChI=1S/C24H20F6N4O3S3/c25-18-9-14(6-7-21(18)39(31)37)8-17-20(10-13-4-5-13)34(24-32-19(12-38-24)23(35)36)33-22(17)15-2-1-3-16(11-15)40(26,27,28,29)30/h1-3,6-7,9,11-13H,4-5,8,10H2,(H2,31,37)(H,35,36)/p+1. The van der Waals surface area contributed by atoms with Crippen molar-refractivity contribution in [3.8, 4) is 16.4 Å². The molecule has 1 atom stereocenters. The maximum Gasteiger partial charge on any atom is 0.355 e. The van der Waals surface area contributed by atoms with Gasteiger partial charge >= 0.3 is 16.2 Å². The molecule has 1 saturated carbocycles. The highest BCUT2D eigenvalue weighted by atomic mass is 32.5. The lowest BCUT2D eigenvalue weighted by Crippen LogP contribution is -2.07. The van der Waals surface area contributed by atoms with E-state index in [-0.39, 0.29) is 45.4 Å². The molecule has 1 aliphatic carbocycles. The fourth-order valence-electron chi connectivity index (χ4n) is 4.25. The molecule has 0 amide bonds. The lowest BCUT2D eigenvalue weighted by molar-refractivity contribution is 0.0691. The van der Waals surface area contributed by atoms with Crippen LogP contribution in [0.4, 0.5) is 23.8 Å². The van der Waals surface area contributed by atoms with Crippen LogP contribution in [-0.2, 0) is 28.0 Å². The van der Waals surface area contributed by atoms with Crippen LogP contribution in [0.1, 0.15) is 40.2 Å². The highest BCUT2D eigenvalue weighted by Gasteiger charge is 2.65. The summed E-state index contributed by atoms with van der Waals surface area (Å²) in [6.45, 7) is 0. The number of thiazole rings is 1. The van der Waals surface area contributed by atoms with Crippen LogP contribution in [0.25, 0.3) is 16.4 Å². The number of hydrogen-bond donors (Lipinski definition) is 2. The maximum absolute atomic E-state index is 14.6. The van der Waals surface area contributed by atoms with E-state index >= 15 is 0 Å². The van der Waals surface area contributed by atoms with Gasteiger partial charge in [-0.3, -0.25) is 0 Å². The van der Waals surface area contributed by atoms with Crippen LogP contribution in [0.15, 0.2) is 57.6 Å². The molecule has 2 aromatic carbocycles. The lowest BCUT2D eigenvalue weighted by atomic mass is 9.97. The zero-order valence-electron chi connectivity index (χ0n) is 20.2. The summed E-state index contributed by atoms with van der Waals surface area (Å²) < 4.78 is 95.9. The number of carboxylic acids is 1. The predicted octanol–water partition coefficient (Wildman–Crippen LogP) is 6.96. The Morgan fingerprint density at radius 2 is 1.88 bits per heavy atom. The number of benzene rings is 2. The van der Waals surface area contributed by atoms with Gasteiger partial charge in [-0.1, -0.05) is 41.8 Å². The molecular formula is C24H21F6N4O3S3+. The van der Waals surface area contributed by atoms with E-state index in [1.54, 1.807) is 0 Å². The number of nitrogens with zero attached hydrogens (tertiary/aromatic N) is 3. The van der Waals surface area contributed by atoms with Crippen LogP contribution in [-0.4, -0.2) is 25.8 Å². The van der Waals surface area contributed by atoms with Crippen molar-refractivity contribution in [3.05, 3.63) is 76.2 Å². The van der Waals surface area contributed by atoms with E-state index in [2.05, 4.69) is 10.1 Å². The minimum Gasteiger partial charge on any atom is -0.476 e. The minimum atomic E-state index is -10.0. The molecule has 0 radical (unpaired) electrons. The predicted molar refractivity (Wildman–Crippen MR) is 141 cm³/mol. The van der Waals surface area contributed by atoms with Crippen molar-refractivity contribution in [3.63, 3.8) is 0 Å². The second-order valence-electron chi connectivity index (χ2n) is 9.44. The number of carboxylic acid groups (broad SMARTS) is 1. The maximum atomic E-state index is 14.6. The van der Waals surface area contributed by atoms with Crippen LogP contribution < -0.4 is 5.14 Å². The molecule has 3 N–H and O–H groups in total. The van der Waals surface area contributed by atoms with Gasteiger partial charge in [0.05, 0.1) is 11.4 Å². The molecule has 1 aliphatic rings. The van der Waals surface area contributed by atoms with Crippen molar-refractivity contribution >= 4 is 38.5 Å². The second kappa shape index (κ2) is 9.15. The number of halogens is 6. The van der Waals surface area contributed by atoms with Gasteiger partial charge in [0.25, 0.3) is 0 Å². The topological polar surface area (TPSA) is 111 Å². The summed E-state index contributed by atoms with van der Waals surface area (Å²) in [6, 6.07) is 6.46. The van der Waals surface area contributed by atoms with Gasteiger partial charge in [-0.25, -0.2) is 18.9 Å². The van der Waals surface area contributed by atoms with Crippen LogP contribution in [0.3, 0.4) is 0 Å². The molecule has 40 heavy (non-hydrogen) atoms. The van der Waals surface area contributed by atoms with E-state index in [1.807, 2.05) is 0 Å². The summed E-state index contributed by atoms with van der Waals surface area (Å²) in [5.41, 5.74) is 0.561.